The lowest BCUT2D eigenvalue weighted by molar-refractivity contribution is 0.210. The molecule has 1 aliphatic rings. The number of rotatable bonds is 2. The van der Waals surface area contributed by atoms with Crippen LogP contribution in [0.25, 0.3) is 0 Å². The molecular formula is C20H18F2S2. The van der Waals surface area contributed by atoms with E-state index in [1.807, 2.05) is 36.4 Å². The van der Waals surface area contributed by atoms with Gasteiger partial charge in [-0.1, -0.05) is 66.6 Å². The maximum absolute atomic E-state index is 13.2. The van der Waals surface area contributed by atoms with E-state index in [-0.39, 0.29) is 5.92 Å². The molecule has 0 aliphatic carbocycles. The molecule has 1 saturated heterocycles. The number of thioether (sulfide) groups is 2. The molecule has 0 aromatic heterocycles. The van der Waals surface area contributed by atoms with Crippen LogP contribution in [0.15, 0.2) is 48.5 Å². The van der Waals surface area contributed by atoms with Crippen molar-refractivity contribution in [1.29, 1.82) is 0 Å². The summed E-state index contributed by atoms with van der Waals surface area (Å²) in [5, 5.41) is 0. The number of halogens is 2. The normalized spacial score (nSPS) is 17.1. The molecule has 2 aromatic carbocycles. The Balaban J connectivity index is 1.66. The zero-order valence-corrected chi connectivity index (χ0v) is 15.0. The SMILES string of the molecule is CCc1ccc(C#Cc2ccc(C3CSC(F)(F)SC3)cc2)cc1. The molecular weight excluding hydrogens is 342 g/mol. The van der Waals surface area contributed by atoms with E-state index in [0.717, 1.165) is 46.6 Å². The molecule has 0 unspecified atom stereocenters. The standard InChI is InChI=1S/C20H18F2S2/c1-2-15-3-5-16(6-4-15)7-8-17-9-11-18(12-10-17)19-13-23-20(21,22)24-14-19/h3-6,9-12,19H,2,13-14H2,1H3. The molecule has 0 nitrogen and oxygen atoms in total. The summed E-state index contributed by atoms with van der Waals surface area (Å²) in [4.78, 5) is 0. The van der Waals surface area contributed by atoms with Gasteiger partial charge in [-0.05, 0) is 41.8 Å². The summed E-state index contributed by atoms with van der Waals surface area (Å²) in [6, 6.07) is 16.3. The van der Waals surface area contributed by atoms with Gasteiger partial charge in [-0.25, -0.2) is 0 Å². The summed E-state index contributed by atoms with van der Waals surface area (Å²) in [5.74, 6) is 7.44. The van der Waals surface area contributed by atoms with Crippen LogP contribution >= 0.6 is 23.5 Å². The molecule has 1 heterocycles. The van der Waals surface area contributed by atoms with Gasteiger partial charge in [-0.2, -0.15) is 8.78 Å². The van der Waals surface area contributed by atoms with Crippen LogP contribution in [0, 0.1) is 11.8 Å². The monoisotopic (exact) mass is 360 g/mol. The Labute approximate surface area is 150 Å². The second-order valence-corrected chi connectivity index (χ2v) is 8.23. The van der Waals surface area contributed by atoms with Crippen molar-refractivity contribution in [3.8, 4) is 11.8 Å². The Morgan fingerprint density at radius 1 is 0.917 bits per heavy atom. The van der Waals surface area contributed by atoms with Gasteiger partial charge >= 0.3 is 4.59 Å². The summed E-state index contributed by atoms with van der Waals surface area (Å²) < 4.78 is 23.7. The van der Waals surface area contributed by atoms with Gasteiger partial charge in [-0.15, -0.1) is 0 Å². The van der Waals surface area contributed by atoms with Crippen LogP contribution in [-0.4, -0.2) is 16.1 Å². The lowest BCUT2D eigenvalue weighted by Gasteiger charge is -2.27. The van der Waals surface area contributed by atoms with E-state index in [0.29, 0.717) is 11.5 Å². The Morgan fingerprint density at radius 3 is 1.92 bits per heavy atom. The highest BCUT2D eigenvalue weighted by molar-refractivity contribution is 8.18. The summed E-state index contributed by atoms with van der Waals surface area (Å²) in [7, 11) is 0. The first-order chi connectivity index (χ1) is 11.6. The van der Waals surface area contributed by atoms with Gasteiger partial charge in [0.15, 0.2) is 0 Å². The van der Waals surface area contributed by atoms with Crippen molar-refractivity contribution in [3.05, 3.63) is 70.8 Å². The minimum absolute atomic E-state index is 0.184. The molecule has 0 radical (unpaired) electrons. The first-order valence-electron chi connectivity index (χ1n) is 7.92. The topological polar surface area (TPSA) is 0 Å². The molecule has 1 aliphatic heterocycles. The molecule has 0 atom stereocenters. The Morgan fingerprint density at radius 2 is 1.42 bits per heavy atom. The lowest BCUT2D eigenvalue weighted by atomic mass is 10.0. The van der Waals surface area contributed by atoms with E-state index in [4.69, 9.17) is 0 Å². The first-order valence-corrected chi connectivity index (χ1v) is 9.89. The zero-order chi connectivity index (χ0) is 17.0. The number of hydrogen-bond acceptors (Lipinski definition) is 2. The maximum atomic E-state index is 13.2. The fourth-order valence-electron chi connectivity index (χ4n) is 2.48. The van der Waals surface area contributed by atoms with Crippen molar-refractivity contribution in [2.24, 2.45) is 0 Å². The fraction of sp³-hybridized carbons (Fsp3) is 0.300. The zero-order valence-electron chi connectivity index (χ0n) is 13.4. The minimum Gasteiger partial charge on any atom is -0.182 e. The minimum atomic E-state index is -2.63. The van der Waals surface area contributed by atoms with Gasteiger partial charge in [-0.3, -0.25) is 0 Å². The number of aryl methyl sites for hydroxylation is 1. The van der Waals surface area contributed by atoms with Gasteiger partial charge in [0.25, 0.3) is 0 Å². The van der Waals surface area contributed by atoms with Crippen LogP contribution in [0.3, 0.4) is 0 Å². The number of benzene rings is 2. The van der Waals surface area contributed by atoms with Crippen LogP contribution in [0.1, 0.15) is 35.1 Å². The van der Waals surface area contributed by atoms with Crippen LogP contribution in [0.2, 0.25) is 0 Å². The van der Waals surface area contributed by atoms with Gasteiger partial charge in [0, 0.05) is 28.6 Å². The Hall–Kier alpha value is -1.44. The molecule has 124 valence electrons. The van der Waals surface area contributed by atoms with Gasteiger partial charge < -0.3 is 0 Å². The Bertz CT molecular complexity index is 730. The maximum Gasteiger partial charge on any atom is 0.341 e. The van der Waals surface area contributed by atoms with Crippen molar-refractivity contribution >= 4 is 23.5 Å². The summed E-state index contributed by atoms with van der Waals surface area (Å²) in [6.45, 7) is 2.13. The van der Waals surface area contributed by atoms with E-state index in [9.17, 15) is 8.78 Å². The molecule has 2 aromatic rings. The van der Waals surface area contributed by atoms with Crippen molar-refractivity contribution in [1.82, 2.24) is 0 Å². The molecule has 0 spiro atoms. The molecule has 0 N–H and O–H groups in total. The van der Waals surface area contributed by atoms with Gasteiger partial charge in [0.1, 0.15) is 0 Å². The third-order valence-corrected chi connectivity index (χ3v) is 6.52. The summed E-state index contributed by atoms with van der Waals surface area (Å²) in [5.41, 5.74) is 4.36. The highest BCUT2D eigenvalue weighted by atomic mass is 32.2. The van der Waals surface area contributed by atoms with Crippen LogP contribution in [-0.2, 0) is 6.42 Å². The molecule has 1 fully saturated rings. The fourth-order valence-corrected chi connectivity index (χ4v) is 4.79. The summed E-state index contributed by atoms with van der Waals surface area (Å²) in [6.07, 6.45) is 1.03. The van der Waals surface area contributed by atoms with Crippen LogP contribution in [0.4, 0.5) is 8.78 Å². The van der Waals surface area contributed by atoms with E-state index in [1.54, 1.807) is 0 Å². The Kier molecular flexibility index (Phi) is 5.53. The molecule has 0 saturated carbocycles. The largest absolute Gasteiger partial charge is 0.341 e. The first kappa shape index (κ1) is 17.4. The molecule has 3 rings (SSSR count). The van der Waals surface area contributed by atoms with E-state index >= 15 is 0 Å². The third-order valence-electron chi connectivity index (χ3n) is 4.00. The lowest BCUT2D eigenvalue weighted by Crippen LogP contribution is -2.20. The predicted molar refractivity (Wildman–Crippen MR) is 101 cm³/mol. The quantitative estimate of drug-likeness (QED) is 0.624. The highest BCUT2D eigenvalue weighted by Gasteiger charge is 2.37. The third kappa shape index (κ3) is 4.55. The second-order valence-electron chi connectivity index (χ2n) is 5.70. The number of hydrogen-bond donors (Lipinski definition) is 0. The van der Waals surface area contributed by atoms with Crippen LogP contribution < -0.4 is 0 Å². The van der Waals surface area contributed by atoms with E-state index < -0.39 is 4.59 Å². The van der Waals surface area contributed by atoms with Crippen molar-refractivity contribution in [2.75, 3.05) is 11.5 Å². The van der Waals surface area contributed by atoms with E-state index in [2.05, 4.69) is 30.9 Å². The molecule has 0 bridgehead atoms. The molecule has 4 heteroatoms. The summed E-state index contributed by atoms with van der Waals surface area (Å²) >= 11 is 1.48. The molecule has 24 heavy (non-hydrogen) atoms. The number of alkyl halides is 2. The average Bonchev–Trinajstić information content (AvgIpc) is 2.61. The van der Waals surface area contributed by atoms with Gasteiger partial charge in [0.2, 0.25) is 0 Å². The highest BCUT2D eigenvalue weighted by Crippen LogP contribution is 2.48. The predicted octanol–water partition coefficient (Wildman–Crippen LogP) is 5.76. The van der Waals surface area contributed by atoms with Crippen molar-refractivity contribution in [2.45, 2.75) is 23.8 Å². The smallest absolute Gasteiger partial charge is 0.182 e. The average molecular weight is 360 g/mol. The molecule has 0 amide bonds. The van der Waals surface area contributed by atoms with Gasteiger partial charge in [0.05, 0.1) is 0 Å². The van der Waals surface area contributed by atoms with Crippen molar-refractivity contribution in [3.63, 3.8) is 0 Å². The van der Waals surface area contributed by atoms with Crippen LogP contribution in [0.5, 0.6) is 0 Å². The van der Waals surface area contributed by atoms with E-state index in [1.165, 1.54) is 5.56 Å². The second kappa shape index (κ2) is 7.63. The van der Waals surface area contributed by atoms with Crippen molar-refractivity contribution < 1.29 is 8.78 Å².